The minimum Gasteiger partial charge on any atom is -0.354 e. The monoisotopic (exact) mass is 267 g/mol. The standard InChI is InChI=1S/C13H21N3O3/c1-6-11-10(7-8(2)15-16-11)12(17)14-9(3)13(18-4)19-5/h7,9,13H,6H2,1-5H3,(H,14,17). The van der Waals surface area contributed by atoms with Crippen LogP contribution in [0, 0.1) is 6.92 Å². The van der Waals surface area contributed by atoms with Crippen LogP contribution in [0.5, 0.6) is 0 Å². The Morgan fingerprint density at radius 1 is 1.37 bits per heavy atom. The summed E-state index contributed by atoms with van der Waals surface area (Å²) in [6.07, 6.45) is 0.174. The molecule has 1 N–H and O–H groups in total. The summed E-state index contributed by atoms with van der Waals surface area (Å²) in [5.41, 5.74) is 1.94. The van der Waals surface area contributed by atoms with E-state index in [1.165, 1.54) is 14.2 Å². The summed E-state index contributed by atoms with van der Waals surface area (Å²) in [7, 11) is 3.07. The van der Waals surface area contributed by atoms with Gasteiger partial charge in [0.2, 0.25) is 0 Å². The zero-order valence-electron chi connectivity index (χ0n) is 12.1. The minimum absolute atomic E-state index is 0.193. The molecule has 1 aromatic rings. The number of carbonyl (C=O) groups excluding carboxylic acids is 1. The summed E-state index contributed by atoms with van der Waals surface area (Å²) in [4.78, 5) is 12.2. The first-order valence-electron chi connectivity index (χ1n) is 6.23. The van der Waals surface area contributed by atoms with Gasteiger partial charge in [-0.1, -0.05) is 6.92 Å². The molecular weight excluding hydrogens is 246 g/mol. The van der Waals surface area contributed by atoms with Crippen molar-refractivity contribution >= 4 is 5.91 Å². The number of hydrogen-bond acceptors (Lipinski definition) is 5. The molecule has 1 unspecified atom stereocenters. The van der Waals surface area contributed by atoms with Crippen LogP contribution in [0.4, 0.5) is 0 Å². The first-order chi connectivity index (χ1) is 9.03. The van der Waals surface area contributed by atoms with Gasteiger partial charge in [-0.25, -0.2) is 0 Å². The number of aromatic nitrogens is 2. The highest BCUT2D eigenvalue weighted by Gasteiger charge is 2.20. The van der Waals surface area contributed by atoms with E-state index in [2.05, 4.69) is 15.5 Å². The minimum atomic E-state index is -0.482. The first kappa shape index (κ1) is 15.5. The number of ether oxygens (including phenoxy) is 2. The molecule has 1 atom stereocenters. The Balaban J connectivity index is 2.86. The van der Waals surface area contributed by atoms with Gasteiger partial charge in [0, 0.05) is 14.2 Å². The highest BCUT2D eigenvalue weighted by Crippen LogP contribution is 2.09. The summed E-state index contributed by atoms with van der Waals surface area (Å²) < 4.78 is 10.2. The van der Waals surface area contributed by atoms with Gasteiger partial charge in [0.05, 0.1) is 23.0 Å². The van der Waals surface area contributed by atoms with Crippen LogP contribution in [0.2, 0.25) is 0 Å². The largest absolute Gasteiger partial charge is 0.354 e. The Hall–Kier alpha value is -1.53. The third-order valence-corrected chi connectivity index (χ3v) is 2.80. The summed E-state index contributed by atoms with van der Waals surface area (Å²) in [5.74, 6) is -0.193. The van der Waals surface area contributed by atoms with Crippen LogP contribution >= 0.6 is 0 Å². The van der Waals surface area contributed by atoms with Gasteiger partial charge in [-0.2, -0.15) is 10.2 Å². The van der Waals surface area contributed by atoms with Gasteiger partial charge >= 0.3 is 0 Å². The van der Waals surface area contributed by atoms with E-state index in [0.29, 0.717) is 23.4 Å². The fourth-order valence-electron chi connectivity index (χ4n) is 1.83. The van der Waals surface area contributed by atoms with Crippen LogP contribution in [-0.2, 0) is 15.9 Å². The van der Waals surface area contributed by atoms with Crippen LogP contribution < -0.4 is 5.32 Å². The SMILES string of the molecule is CCc1nnc(C)cc1C(=O)NC(C)C(OC)OC. The van der Waals surface area contributed by atoms with Crippen molar-refractivity contribution in [1.29, 1.82) is 0 Å². The van der Waals surface area contributed by atoms with Gasteiger partial charge in [0.25, 0.3) is 5.91 Å². The average molecular weight is 267 g/mol. The molecule has 0 aromatic carbocycles. The van der Waals surface area contributed by atoms with Crippen molar-refractivity contribution in [2.45, 2.75) is 39.5 Å². The maximum absolute atomic E-state index is 12.2. The first-order valence-corrected chi connectivity index (χ1v) is 6.23. The van der Waals surface area contributed by atoms with Crippen molar-refractivity contribution in [2.24, 2.45) is 0 Å². The van der Waals surface area contributed by atoms with E-state index in [-0.39, 0.29) is 11.9 Å². The molecule has 1 heterocycles. The number of nitrogens with zero attached hydrogens (tertiary/aromatic N) is 2. The predicted octanol–water partition coefficient (Wildman–Crippen LogP) is 1.08. The van der Waals surface area contributed by atoms with Crippen LogP contribution in [0.15, 0.2) is 6.07 Å². The van der Waals surface area contributed by atoms with E-state index in [4.69, 9.17) is 9.47 Å². The predicted molar refractivity (Wildman–Crippen MR) is 70.9 cm³/mol. The number of rotatable bonds is 6. The van der Waals surface area contributed by atoms with Crippen molar-refractivity contribution in [3.05, 3.63) is 23.0 Å². The molecule has 0 radical (unpaired) electrons. The highest BCUT2D eigenvalue weighted by atomic mass is 16.7. The molecule has 0 saturated heterocycles. The van der Waals surface area contributed by atoms with Crippen LogP contribution in [0.25, 0.3) is 0 Å². The molecule has 1 aromatic heterocycles. The fourth-order valence-corrected chi connectivity index (χ4v) is 1.83. The lowest BCUT2D eigenvalue weighted by Gasteiger charge is -2.22. The van der Waals surface area contributed by atoms with Crippen molar-refractivity contribution in [3.63, 3.8) is 0 Å². The Kier molecular flexibility index (Phi) is 5.85. The molecule has 0 aliphatic rings. The molecule has 6 nitrogen and oxygen atoms in total. The zero-order chi connectivity index (χ0) is 14.4. The fraction of sp³-hybridized carbons (Fsp3) is 0.615. The topological polar surface area (TPSA) is 73.3 Å². The molecule has 1 rings (SSSR count). The summed E-state index contributed by atoms with van der Waals surface area (Å²) in [5, 5.41) is 10.8. The van der Waals surface area contributed by atoms with E-state index in [1.807, 2.05) is 13.8 Å². The number of aryl methyl sites for hydroxylation is 2. The molecule has 0 fully saturated rings. The number of methoxy groups -OCH3 is 2. The van der Waals surface area contributed by atoms with Crippen LogP contribution in [0.3, 0.4) is 0 Å². The quantitative estimate of drug-likeness (QED) is 0.781. The van der Waals surface area contributed by atoms with E-state index in [9.17, 15) is 4.79 Å². The maximum atomic E-state index is 12.2. The Morgan fingerprint density at radius 3 is 2.53 bits per heavy atom. The molecule has 0 spiro atoms. The average Bonchev–Trinajstić information content (AvgIpc) is 2.40. The van der Waals surface area contributed by atoms with Gasteiger partial charge in [0.1, 0.15) is 0 Å². The lowest BCUT2D eigenvalue weighted by Crippen LogP contribution is -2.43. The second kappa shape index (κ2) is 7.16. The van der Waals surface area contributed by atoms with E-state index < -0.39 is 6.29 Å². The van der Waals surface area contributed by atoms with Gasteiger partial charge in [-0.3, -0.25) is 4.79 Å². The van der Waals surface area contributed by atoms with Crippen molar-refractivity contribution < 1.29 is 14.3 Å². The Morgan fingerprint density at radius 2 is 2.00 bits per heavy atom. The molecule has 1 amide bonds. The van der Waals surface area contributed by atoms with Gasteiger partial charge < -0.3 is 14.8 Å². The van der Waals surface area contributed by atoms with Gasteiger partial charge in [-0.15, -0.1) is 0 Å². The molecule has 0 bridgehead atoms. The lowest BCUT2D eigenvalue weighted by molar-refractivity contribution is -0.117. The van der Waals surface area contributed by atoms with E-state index >= 15 is 0 Å². The van der Waals surface area contributed by atoms with Crippen molar-refractivity contribution in [1.82, 2.24) is 15.5 Å². The summed E-state index contributed by atoms with van der Waals surface area (Å²) in [6.45, 7) is 5.56. The third kappa shape index (κ3) is 3.97. The number of carbonyl (C=O) groups is 1. The molecule has 6 heteroatoms. The second-order valence-electron chi connectivity index (χ2n) is 4.30. The van der Waals surface area contributed by atoms with Gasteiger partial charge in [-0.05, 0) is 26.3 Å². The number of nitrogens with one attached hydrogen (secondary N) is 1. The number of hydrogen-bond donors (Lipinski definition) is 1. The zero-order valence-corrected chi connectivity index (χ0v) is 12.1. The van der Waals surface area contributed by atoms with E-state index in [1.54, 1.807) is 13.0 Å². The smallest absolute Gasteiger partial charge is 0.253 e. The van der Waals surface area contributed by atoms with Crippen molar-refractivity contribution in [2.75, 3.05) is 14.2 Å². The number of amides is 1. The third-order valence-electron chi connectivity index (χ3n) is 2.80. The molecule has 0 aliphatic heterocycles. The second-order valence-corrected chi connectivity index (χ2v) is 4.30. The van der Waals surface area contributed by atoms with Crippen molar-refractivity contribution in [3.8, 4) is 0 Å². The molecular formula is C13H21N3O3. The van der Waals surface area contributed by atoms with E-state index in [0.717, 1.165) is 0 Å². The molecule has 19 heavy (non-hydrogen) atoms. The summed E-state index contributed by atoms with van der Waals surface area (Å²) >= 11 is 0. The maximum Gasteiger partial charge on any atom is 0.253 e. The summed E-state index contributed by atoms with van der Waals surface area (Å²) in [6, 6.07) is 1.48. The Labute approximate surface area is 113 Å². The Bertz CT molecular complexity index is 433. The lowest BCUT2D eigenvalue weighted by atomic mass is 10.1. The normalized spacial score (nSPS) is 12.5. The van der Waals surface area contributed by atoms with Crippen LogP contribution in [-0.4, -0.2) is 42.7 Å². The highest BCUT2D eigenvalue weighted by molar-refractivity contribution is 5.95. The molecule has 106 valence electrons. The molecule has 0 saturated carbocycles. The van der Waals surface area contributed by atoms with Crippen LogP contribution in [0.1, 0.15) is 35.6 Å². The molecule has 0 aliphatic carbocycles. The van der Waals surface area contributed by atoms with Gasteiger partial charge in [0.15, 0.2) is 6.29 Å².